The highest BCUT2D eigenvalue weighted by molar-refractivity contribution is 9.09. The molecule has 0 spiro atoms. The minimum absolute atomic E-state index is 0.0326. The molecule has 314 valence electrons. The van der Waals surface area contributed by atoms with E-state index < -0.39 is 0 Å². The number of halogens is 1. The van der Waals surface area contributed by atoms with E-state index in [-0.39, 0.29) is 40.1 Å². The number of aromatic hydroxyl groups is 2. The van der Waals surface area contributed by atoms with Gasteiger partial charge in [0.25, 0.3) is 0 Å². The van der Waals surface area contributed by atoms with E-state index in [2.05, 4.69) is 130 Å². The number of benzene rings is 5. The Morgan fingerprint density at radius 2 is 1.15 bits per heavy atom. The van der Waals surface area contributed by atoms with Crippen LogP contribution in [0.1, 0.15) is 49.9 Å². The van der Waals surface area contributed by atoms with Gasteiger partial charge in [0, 0.05) is 33.4 Å². The van der Waals surface area contributed by atoms with Crippen molar-refractivity contribution in [1.29, 1.82) is 0 Å². The summed E-state index contributed by atoms with van der Waals surface area (Å²) in [6, 6.07) is 42.2. The number of fused-ring (bicyclic) bond motifs is 2. The number of nitrogens with zero attached hydrogens (tertiary/aromatic N) is 4. The lowest BCUT2D eigenvalue weighted by Gasteiger charge is -2.31. The summed E-state index contributed by atoms with van der Waals surface area (Å²) in [6.07, 6.45) is 5.03. The predicted molar refractivity (Wildman–Crippen MR) is 250 cm³/mol. The number of phenolic OH excluding ortho intramolecular Hbond substituents is 2. The monoisotopic (exact) mass is 916 g/mol. The Balaban J connectivity index is 0.000000169. The van der Waals surface area contributed by atoms with Crippen LogP contribution in [0.4, 0.5) is 0 Å². The molecule has 0 saturated carbocycles. The molecular weight excluding hydrogens is 869 g/mol. The second kappa shape index (κ2) is 18.4. The first-order chi connectivity index (χ1) is 29.5. The zero-order chi connectivity index (χ0) is 42.7. The smallest absolute Gasteiger partial charge is 0.161 e. The van der Waals surface area contributed by atoms with E-state index >= 15 is 0 Å². The molecule has 5 aromatic carbocycles. The number of ether oxygens (including phenoxy) is 2. The summed E-state index contributed by atoms with van der Waals surface area (Å²) in [6.45, 7) is 6.77. The third kappa shape index (κ3) is 9.51. The molecule has 4 aliphatic rings. The molecule has 9 rings (SSSR count). The maximum Gasteiger partial charge on any atom is 0.161 e. The minimum Gasteiger partial charge on any atom is -0.504 e. The molecule has 5 aromatic rings. The average molecular weight is 918 g/mol. The van der Waals surface area contributed by atoms with Gasteiger partial charge in [-0.3, -0.25) is 20.0 Å². The number of alkyl halides is 1. The zero-order valence-corrected chi connectivity index (χ0v) is 37.8. The minimum atomic E-state index is -0.133. The second-order valence-electron chi connectivity index (χ2n) is 16.0. The van der Waals surface area contributed by atoms with Gasteiger partial charge in [0.15, 0.2) is 29.2 Å². The van der Waals surface area contributed by atoms with Crippen LogP contribution in [0.2, 0.25) is 0 Å². The highest BCUT2D eigenvalue weighted by Gasteiger charge is 2.44. The Hall–Kier alpha value is -5.18. The van der Waals surface area contributed by atoms with Gasteiger partial charge in [0.2, 0.25) is 0 Å². The van der Waals surface area contributed by atoms with Gasteiger partial charge < -0.3 is 19.7 Å². The van der Waals surface area contributed by atoms with Crippen LogP contribution < -0.4 is 20.3 Å². The van der Waals surface area contributed by atoms with Crippen LogP contribution in [0.25, 0.3) is 0 Å². The third-order valence-electron chi connectivity index (χ3n) is 10.8. The molecule has 2 fully saturated rings. The van der Waals surface area contributed by atoms with E-state index in [1.807, 2.05) is 54.6 Å². The Bertz CT molecular complexity index is 2460. The van der Waals surface area contributed by atoms with Crippen LogP contribution in [0, 0.1) is 5.41 Å². The van der Waals surface area contributed by atoms with Crippen molar-refractivity contribution >= 4 is 50.9 Å². The Kier molecular flexibility index (Phi) is 12.8. The molecule has 4 aliphatic heterocycles. The van der Waals surface area contributed by atoms with Gasteiger partial charge in [-0.15, -0.1) is 0 Å². The Morgan fingerprint density at radius 1 is 0.656 bits per heavy atom. The van der Waals surface area contributed by atoms with Gasteiger partial charge in [0.1, 0.15) is 6.17 Å². The molecule has 13 heteroatoms. The van der Waals surface area contributed by atoms with Crippen molar-refractivity contribution in [2.75, 3.05) is 14.2 Å². The van der Waals surface area contributed by atoms with Crippen molar-refractivity contribution in [2.45, 2.75) is 66.2 Å². The summed E-state index contributed by atoms with van der Waals surface area (Å²) in [4.78, 5) is 12.5. The molecule has 4 N–H and O–H groups in total. The van der Waals surface area contributed by atoms with Crippen molar-refractivity contribution in [2.24, 2.45) is 15.4 Å². The number of allylic oxidation sites excluding steroid dienone is 2. The van der Waals surface area contributed by atoms with Crippen LogP contribution >= 0.6 is 39.5 Å². The first kappa shape index (κ1) is 42.5. The predicted octanol–water partition coefficient (Wildman–Crippen LogP) is 10.3. The molecule has 5 unspecified atom stereocenters. The Morgan fingerprint density at radius 3 is 1.66 bits per heavy atom. The summed E-state index contributed by atoms with van der Waals surface area (Å²) >= 11 is 7.35. The summed E-state index contributed by atoms with van der Waals surface area (Å²) in [5, 5.41) is 26.5. The lowest BCUT2D eigenvalue weighted by atomic mass is 9.85. The summed E-state index contributed by atoms with van der Waals surface area (Å²) in [5.74, 6) is 1.13. The molecule has 2 saturated heterocycles. The number of phenols is 2. The molecule has 5 atom stereocenters. The van der Waals surface area contributed by atoms with Crippen LogP contribution in [-0.2, 0) is 0 Å². The first-order valence-corrected chi connectivity index (χ1v) is 22.6. The molecule has 10 nitrogen and oxygen atoms in total. The SMILES string of the molecule is COc1cc(C2=NC3C(Br)C(c4ccccc4)NN3C(Sc3ccccc3)=C2)ccc1O.COc1cc(C2=NC3CC(C(C)(C)C)NN3C(Sc3ccccc3)=C2)ccc1O. The van der Waals surface area contributed by atoms with Gasteiger partial charge >= 0.3 is 0 Å². The summed E-state index contributed by atoms with van der Waals surface area (Å²) in [7, 11) is 3.11. The van der Waals surface area contributed by atoms with E-state index in [9.17, 15) is 10.2 Å². The van der Waals surface area contributed by atoms with Gasteiger partial charge in [-0.05, 0) is 83.8 Å². The number of thioether (sulfide) groups is 2. The van der Waals surface area contributed by atoms with Crippen molar-refractivity contribution < 1.29 is 19.7 Å². The number of rotatable bonds is 9. The summed E-state index contributed by atoms with van der Waals surface area (Å²) < 4.78 is 10.6. The maximum atomic E-state index is 10.0. The van der Waals surface area contributed by atoms with Crippen molar-refractivity contribution in [3.05, 3.63) is 166 Å². The van der Waals surface area contributed by atoms with Gasteiger partial charge in [-0.25, -0.2) is 10.9 Å². The zero-order valence-electron chi connectivity index (χ0n) is 34.6. The maximum absolute atomic E-state index is 10.0. The summed E-state index contributed by atoms with van der Waals surface area (Å²) in [5.41, 5.74) is 12.3. The lowest BCUT2D eigenvalue weighted by Crippen LogP contribution is -2.43. The standard InChI is InChI=1S/C25H22BrN3O2S.C23H27N3O2S/c1-31-21-14-17(12-13-20(21)30)19-15-22(32-18-10-6-3-7-11-18)29-25(27-19)23(26)24(28-29)16-8-4-2-5-9-16;1-23(2,3)20-14-21-24-17(15-10-11-18(27)19(12-15)28-4)13-22(26(21)25-20)29-16-8-6-5-7-9-16/h2-15,23-25,28,30H,1H3;5-13,20-21,25,27H,14H2,1-4H3. The van der Waals surface area contributed by atoms with Gasteiger partial charge in [0.05, 0.1) is 46.6 Å². The Labute approximate surface area is 374 Å². The lowest BCUT2D eigenvalue weighted by molar-refractivity contribution is 0.212. The van der Waals surface area contributed by atoms with E-state index in [1.54, 1.807) is 49.9 Å². The number of methoxy groups -OCH3 is 2. The highest BCUT2D eigenvalue weighted by atomic mass is 79.9. The number of hydrogen-bond acceptors (Lipinski definition) is 12. The number of hydrazine groups is 2. The largest absolute Gasteiger partial charge is 0.504 e. The topological polar surface area (TPSA) is 114 Å². The van der Waals surface area contributed by atoms with Crippen LogP contribution in [-0.4, -0.2) is 69.1 Å². The molecule has 0 aromatic heterocycles. The van der Waals surface area contributed by atoms with E-state index in [0.29, 0.717) is 17.5 Å². The molecule has 0 radical (unpaired) electrons. The molecule has 61 heavy (non-hydrogen) atoms. The normalized spacial score (nSPS) is 21.8. The molecule has 4 heterocycles. The average Bonchev–Trinajstić information content (AvgIpc) is 3.87. The fourth-order valence-corrected chi connectivity index (χ4v) is 10.2. The van der Waals surface area contributed by atoms with E-state index in [1.165, 1.54) is 10.5 Å². The van der Waals surface area contributed by atoms with E-state index in [4.69, 9.17) is 19.5 Å². The van der Waals surface area contributed by atoms with E-state index in [0.717, 1.165) is 43.9 Å². The van der Waals surface area contributed by atoms with Crippen molar-refractivity contribution in [3.63, 3.8) is 0 Å². The molecule has 0 aliphatic carbocycles. The number of aliphatic imine (C=N–C) groups is 2. The highest BCUT2D eigenvalue weighted by Crippen LogP contribution is 2.43. The third-order valence-corrected chi connectivity index (χ3v) is 13.9. The van der Waals surface area contributed by atoms with Crippen LogP contribution in [0.5, 0.6) is 23.0 Å². The van der Waals surface area contributed by atoms with Crippen LogP contribution in [0.15, 0.2) is 169 Å². The quantitative estimate of drug-likeness (QED) is 0.107. The number of nitrogens with one attached hydrogen (secondary N) is 2. The van der Waals surface area contributed by atoms with Crippen molar-refractivity contribution in [1.82, 2.24) is 20.9 Å². The van der Waals surface area contributed by atoms with Gasteiger partial charge in [-0.2, -0.15) is 0 Å². The van der Waals surface area contributed by atoms with Crippen LogP contribution in [0.3, 0.4) is 0 Å². The molecular formula is C48H49BrN6O4S2. The van der Waals surface area contributed by atoms with Crippen molar-refractivity contribution in [3.8, 4) is 23.0 Å². The second-order valence-corrected chi connectivity index (χ2v) is 19.2. The molecule has 0 amide bonds. The number of hydrogen-bond donors (Lipinski definition) is 4. The fraction of sp³-hybridized carbons (Fsp3) is 0.250. The van der Waals surface area contributed by atoms with Gasteiger partial charge in [-0.1, -0.05) is 127 Å². The molecule has 0 bridgehead atoms. The first-order valence-electron chi connectivity index (χ1n) is 20.1. The fourth-order valence-electron chi connectivity index (χ4n) is 7.46.